The summed E-state index contributed by atoms with van der Waals surface area (Å²) in [4.78, 5) is 13.5. The van der Waals surface area contributed by atoms with Crippen LogP contribution >= 0.6 is 11.6 Å². The minimum atomic E-state index is 0.245. The summed E-state index contributed by atoms with van der Waals surface area (Å²) >= 11 is 6.03. The van der Waals surface area contributed by atoms with Gasteiger partial charge in [-0.25, -0.2) is 0 Å². The first kappa shape index (κ1) is 10.5. The molecule has 80 valence electrons. The highest BCUT2D eigenvalue weighted by atomic mass is 35.5. The van der Waals surface area contributed by atoms with Crippen molar-refractivity contribution in [3.05, 3.63) is 34.9 Å². The lowest BCUT2D eigenvalue weighted by Crippen LogP contribution is -2.27. The Bertz CT molecular complexity index is 374. The van der Waals surface area contributed by atoms with Crippen LogP contribution in [0, 0.1) is 5.92 Å². The van der Waals surface area contributed by atoms with E-state index in [0.717, 1.165) is 23.4 Å². The molecule has 1 aliphatic rings. The van der Waals surface area contributed by atoms with Crippen molar-refractivity contribution >= 4 is 17.5 Å². The van der Waals surface area contributed by atoms with Gasteiger partial charge in [0.2, 0.25) is 5.91 Å². The lowest BCUT2D eigenvalue weighted by Gasteiger charge is -2.17. The Morgan fingerprint density at radius 2 is 2.13 bits per heavy atom. The summed E-state index contributed by atoms with van der Waals surface area (Å²) in [5, 5.41) is 0.730. The quantitative estimate of drug-likeness (QED) is 0.772. The first-order valence-corrected chi connectivity index (χ1v) is 5.54. The van der Waals surface area contributed by atoms with Gasteiger partial charge in [-0.1, -0.05) is 29.8 Å². The van der Waals surface area contributed by atoms with E-state index in [1.165, 1.54) is 0 Å². The normalized spacial score (nSPS) is 15.1. The molecule has 0 heterocycles. The van der Waals surface area contributed by atoms with Gasteiger partial charge in [-0.3, -0.25) is 4.79 Å². The summed E-state index contributed by atoms with van der Waals surface area (Å²) in [6, 6.07) is 7.65. The van der Waals surface area contributed by atoms with Gasteiger partial charge < -0.3 is 4.90 Å². The Labute approximate surface area is 94.8 Å². The maximum absolute atomic E-state index is 11.7. The Kier molecular flexibility index (Phi) is 2.96. The summed E-state index contributed by atoms with van der Waals surface area (Å²) in [7, 11) is 1.84. The van der Waals surface area contributed by atoms with Crippen molar-refractivity contribution in [2.24, 2.45) is 5.92 Å². The van der Waals surface area contributed by atoms with Crippen LogP contribution in [0.1, 0.15) is 18.4 Å². The third-order valence-corrected chi connectivity index (χ3v) is 3.04. The van der Waals surface area contributed by atoms with Crippen molar-refractivity contribution in [1.82, 2.24) is 4.90 Å². The molecule has 0 bridgehead atoms. The van der Waals surface area contributed by atoms with E-state index in [0.29, 0.717) is 6.54 Å². The molecule has 0 spiro atoms. The van der Waals surface area contributed by atoms with E-state index in [1.54, 1.807) is 4.90 Å². The molecule has 0 N–H and O–H groups in total. The predicted octanol–water partition coefficient (Wildman–Crippen LogP) is 2.71. The first-order chi connectivity index (χ1) is 7.18. The molecule has 3 heteroatoms. The summed E-state index contributed by atoms with van der Waals surface area (Å²) in [6.07, 6.45) is 2.09. The van der Waals surface area contributed by atoms with Crippen molar-refractivity contribution in [2.75, 3.05) is 7.05 Å². The van der Waals surface area contributed by atoms with E-state index in [1.807, 2.05) is 31.3 Å². The van der Waals surface area contributed by atoms with Crippen molar-refractivity contribution in [3.63, 3.8) is 0 Å². The van der Waals surface area contributed by atoms with Crippen molar-refractivity contribution in [3.8, 4) is 0 Å². The van der Waals surface area contributed by atoms with Crippen LogP contribution in [0.3, 0.4) is 0 Å². The lowest BCUT2D eigenvalue weighted by molar-refractivity contribution is -0.131. The summed E-state index contributed by atoms with van der Waals surface area (Å²) in [5.74, 6) is 0.521. The molecule has 1 fully saturated rings. The van der Waals surface area contributed by atoms with Crippen molar-refractivity contribution in [1.29, 1.82) is 0 Å². The molecular formula is C12H14ClNO. The molecule has 15 heavy (non-hydrogen) atoms. The maximum Gasteiger partial charge on any atom is 0.225 e. The van der Waals surface area contributed by atoms with Gasteiger partial charge in [-0.2, -0.15) is 0 Å². The Balaban J connectivity index is 2.01. The van der Waals surface area contributed by atoms with Crippen LogP contribution in [-0.2, 0) is 11.3 Å². The fourth-order valence-corrected chi connectivity index (χ4v) is 1.80. The largest absolute Gasteiger partial charge is 0.341 e. The van der Waals surface area contributed by atoms with Gasteiger partial charge in [-0.15, -0.1) is 0 Å². The topological polar surface area (TPSA) is 20.3 Å². The second-order valence-corrected chi connectivity index (χ2v) is 4.47. The molecule has 0 aliphatic heterocycles. The number of hydrogen-bond acceptors (Lipinski definition) is 1. The van der Waals surface area contributed by atoms with E-state index in [2.05, 4.69) is 0 Å². The van der Waals surface area contributed by atoms with Crippen LogP contribution in [0.25, 0.3) is 0 Å². The number of amides is 1. The highest BCUT2D eigenvalue weighted by Crippen LogP contribution is 2.31. The Morgan fingerprint density at radius 1 is 1.47 bits per heavy atom. The SMILES string of the molecule is CN(Cc1ccccc1Cl)C(=O)C1CC1. The summed E-state index contributed by atoms with van der Waals surface area (Å²) < 4.78 is 0. The van der Waals surface area contributed by atoms with Gasteiger partial charge in [0.1, 0.15) is 0 Å². The van der Waals surface area contributed by atoms with E-state index in [9.17, 15) is 4.79 Å². The molecule has 1 aromatic rings. The van der Waals surface area contributed by atoms with Crippen LogP contribution < -0.4 is 0 Å². The molecular weight excluding hydrogens is 210 g/mol. The van der Waals surface area contributed by atoms with Crippen LogP contribution in [0.4, 0.5) is 0 Å². The number of nitrogens with zero attached hydrogens (tertiary/aromatic N) is 1. The minimum absolute atomic E-state index is 0.245. The molecule has 0 unspecified atom stereocenters. The van der Waals surface area contributed by atoms with Gasteiger partial charge in [0.25, 0.3) is 0 Å². The second-order valence-electron chi connectivity index (χ2n) is 4.06. The number of carbonyl (C=O) groups excluding carboxylic acids is 1. The zero-order valence-electron chi connectivity index (χ0n) is 8.74. The number of hydrogen-bond donors (Lipinski definition) is 0. The summed E-state index contributed by atoms with van der Waals surface area (Å²) in [5.41, 5.74) is 1.01. The van der Waals surface area contributed by atoms with Crippen LogP contribution in [0.15, 0.2) is 24.3 Å². The highest BCUT2D eigenvalue weighted by Gasteiger charge is 2.31. The third kappa shape index (κ3) is 2.51. The number of carbonyl (C=O) groups is 1. The molecule has 0 radical (unpaired) electrons. The lowest BCUT2D eigenvalue weighted by atomic mass is 10.2. The Morgan fingerprint density at radius 3 is 2.73 bits per heavy atom. The van der Waals surface area contributed by atoms with Gasteiger partial charge in [0.15, 0.2) is 0 Å². The van der Waals surface area contributed by atoms with Crippen molar-refractivity contribution < 1.29 is 4.79 Å². The zero-order valence-corrected chi connectivity index (χ0v) is 9.50. The average Bonchev–Trinajstić information content (AvgIpc) is 3.04. The molecule has 1 amide bonds. The average molecular weight is 224 g/mol. The molecule has 1 saturated carbocycles. The van der Waals surface area contributed by atoms with Crippen LogP contribution in [-0.4, -0.2) is 17.9 Å². The summed E-state index contributed by atoms with van der Waals surface area (Å²) in [6.45, 7) is 0.606. The Hall–Kier alpha value is -1.02. The molecule has 1 aliphatic carbocycles. The standard InChI is InChI=1S/C12H14ClNO/c1-14(12(15)9-6-7-9)8-10-4-2-3-5-11(10)13/h2-5,9H,6-8H2,1H3. The molecule has 0 atom stereocenters. The second kappa shape index (κ2) is 4.23. The minimum Gasteiger partial charge on any atom is -0.341 e. The van der Waals surface area contributed by atoms with E-state index >= 15 is 0 Å². The smallest absolute Gasteiger partial charge is 0.225 e. The van der Waals surface area contributed by atoms with Gasteiger partial charge >= 0.3 is 0 Å². The maximum atomic E-state index is 11.7. The van der Waals surface area contributed by atoms with Crippen LogP contribution in [0.5, 0.6) is 0 Å². The zero-order chi connectivity index (χ0) is 10.8. The predicted molar refractivity (Wildman–Crippen MR) is 60.7 cm³/mol. The monoisotopic (exact) mass is 223 g/mol. The van der Waals surface area contributed by atoms with Gasteiger partial charge in [0, 0.05) is 24.5 Å². The highest BCUT2D eigenvalue weighted by molar-refractivity contribution is 6.31. The molecule has 2 rings (SSSR count). The van der Waals surface area contributed by atoms with Gasteiger partial charge in [0.05, 0.1) is 0 Å². The van der Waals surface area contributed by atoms with Gasteiger partial charge in [-0.05, 0) is 24.5 Å². The number of benzene rings is 1. The van der Waals surface area contributed by atoms with E-state index in [-0.39, 0.29) is 11.8 Å². The first-order valence-electron chi connectivity index (χ1n) is 5.17. The van der Waals surface area contributed by atoms with Crippen LogP contribution in [0.2, 0.25) is 5.02 Å². The molecule has 0 aromatic heterocycles. The fourth-order valence-electron chi connectivity index (χ4n) is 1.60. The molecule has 1 aromatic carbocycles. The molecule has 0 saturated heterocycles. The molecule has 2 nitrogen and oxygen atoms in total. The number of rotatable bonds is 3. The third-order valence-electron chi connectivity index (χ3n) is 2.67. The van der Waals surface area contributed by atoms with Crippen molar-refractivity contribution in [2.45, 2.75) is 19.4 Å². The number of halogens is 1. The fraction of sp³-hybridized carbons (Fsp3) is 0.417. The van der Waals surface area contributed by atoms with E-state index in [4.69, 9.17) is 11.6 Å². The van der Waals surface area contributed by atoms with E-state index < -0.39 is 0 Å².